The fourth-order valence-electron chi connectivity index (χ4n) is 3.43. The van der Waals surface area contributed by atoms with Gasteiger partial charge in [0.05, 0.1) is 0 Å². The highest BCUT2D eigenvalue weighted by molar-refractivity contribution is 7.89. The largest absolute Gasteiger partial charge is 0.508 e. The molecule has 0 radical (unpaired) electrons. The van der Waals surface area contributed by atoms with Crippen LogP contribution in [-0.2, 0) is 22.9 Å². The molecular formula is C24H37NO4S. The molecule has 168 valence electrons. The minimum absolute atomic E-state index is 0.0438. The van der Waals surface area contributed by atoms with E-state index < -0.39 is 10.0 Å². The predicted octanol–water partition coefficient (Wildman–Crippen LogP) is 5.51. The normalized spacial score (nSPS) is 14.7. The van der Waals surface area contributed by atoms with Crippen molar-refractivity contribution in [2.45, 2.75) is 96.4 Å². The summed E-state index contributed by atoms with van der Waals surface area (Å²) in [5.41, 5.74) is 3.17. The zero-order valence-electron chi connectivity index (χ0n) is 18.8. The molecule has 3 N–H and O–H groups in total. The number of hydrogen-bond acceptors (Lipinski definition) is 4. The highest BCUT2D eigenvalue weighted by atomic mass is 32.2. The fourth-order valence-corrected chi connectivity index (χ4v) is 5.10. The van der Waals surface area contributed by atoms with Crippen LogP contribution >= 0.6 is 0 Å². The first-order valence-electron chi connectivity index (χ1n) is 11.0. The smallest absolute Gasteiger partial charge is 0.244 e. The first-order chi connectivity index (χ1) is 14.2. The topological polar surface area (TPSA) is 86.6 Å². The Morgan fingerprint density at radius 1 is 1.17 bits per heavy atom. The molecule has 0 aliphatic heterocycles. The minimum Gasteiger partial charge on any atom is -0.508 e. The van der Waals surface area contributed by atoms with Gasteiger partial charge in [0.15, 0.2) is 0 Å². The van der Waals surface area contributed by atoms with Crippen LogP contribution < -0.4 is 4.72 Å². The summed E-state index contributed by atoms with van der Waals surface area (Å²) in [5, 5.41) is 21.5. The molecular weight excluding hydrogens is 398 g/mol. The van der Waals surface area contributed by atoms with E-state index in [0.717, 1.165) is 50.5 Å². The molecule has 0 amide bonds. The Balaban J connectivity index is 2.34. The highest BCUT2D eigenvalue weighted by Crippen LogP contribution is 2.39. The molecule has 2 rings (SSSR count). The van der Waals surface area contributed by atoms with E-state index in [9.17, 15) is 18.6 Å². The van der Waals surface area contributed by atoms with Gasteiger partial charge in [0.25, 0.3) is 0 Å². The van der Waals surface area contributed by atoms with Crippen molar-refractivity contribution < 1.29 is 18.6 Å². The van der Waals surface area contributed by atoms with Crippen LogP contribution in [0, 0.1) is 0 Å². The van der Waals surface area contributed by atoms with E-state index in [-0.39, 0.29) is 28.0 Å². The number of allylic oxidation sites excluding steroid dienone is 4. The van der Waals surface area contributed by atoms with Gasteiger partial charge < -0.3 is 10.2 Å². The molecule has 0 aromatic heterocycles. The first kappa shape index (κ1) is 24.5. The van der Waals surface area contributed by atoms with Crippen LogP contribution in [0.2, 0.25) is 0 Å². The van der Waals surface area contributed by atoms with Crippen molar-refractivity contribution >= 4 is 10.0 Å². The Morgan fingerprint density at radius 2 is 1.87 bits per heavy atom. The summed E-state index contributed by atoms with van der Waals surface area (Å²) < 4.78 is 28.7. The van der Waals surface area contributed by atoms with E-state index >= 15 is 0 Å². The first-order valence-corrected chi connectivity index (χ1v) is 12.5. The van der Waals surface area contributed by atoms with Gasteiger partial charge in [-0.2, -0.15) is 0 Å². The Labute approximate surface area is 182 Å². The van der Waals surface area contributed by atoms with E-state index in [0.29, 0.717) is 18.4 Å². The number of hydrogen-bond donors (Lipinski definition) is 3. The lowest BCUT2D eigenvalue weighted by atomic mass is 10.00. The molecule has 0 atom stereocenters. The highest BCUT2D eigenvalue weighted by Gasteiger charge is 2.32. The van der Waals surface area contributed by atoms with E-state index in [2.05, 4.69) is 31.6 Å². The number of phenols is 2. The van der Waals surface area contributed by atoms with Crippen molar-refractivity contribution in [2.24, 2.45) is 0 Å². The van der Waals surface area contributed by atoms with Crippen LogP contribution in [0.4, 0.5) is 0 Å². The maximum absolute atomic E-state index is 13.0. The van der Waals surface area contributed by atoms with Crippen molar-refractivity contribution in [2.75, 3.05) is 0 Å². The maximum Gasteiger partial charge on any atom is 0.244 e. The molecule has 0 unspecified atom stereocenters. The van der Waals surface area contributed by atoms with Gasteiger partial charge in [0.2, 0.25) is 10.0 Å². The molecule has 1 aromatic rings. The molecule has 0 heterocycles. The molecule has 30 heavy (non-hydrogen) atoms. The molecule has 6 heteroatoms. The maximum atomic E-state index is 13.0. The Bertz CT molecular complexity index is 892. The number of sulfonamides is 1. The second-order valence-electron chi connectivity index (χ2n) is 8.64. The van der Waals surface area contributed by atoms with Crippen LogP contribution in [0.5, 0.6) is 11.5 Å². The van der Waals surface area contributed by atoms with Gasteiger partial charge in [-0.1, -0.05) is 43.1 Å². The molecule has 1 saturated carbocycles. The lowest BCUT2D eigenvalue weighted by Gasteiger charge is -2.17. The molecule has 1 fully saturated rings. The number of aromatic hydroxyl groups is 2. The van der Waals surface area contributed by atoms with Crippen molar-refractivity contribution in [3.63, 3.8) is 0 Å². The summed E-state index contributed by atoms with van der Waals surface area (Å²) in [6.45, 7) is 8.22. The second kappa shape index (κ2) is 11.0. The van der Waals surface area contributed by atoms with E-state index in [1.54, 1.807) is 0 Å². The van der Waals surface area contributed by atoms with Gasteiger partial charge >= 0.3 is 0 Å². The standard InChI is InChI=1S/C24H37NO4S/c1-5-6-7-11-19-16-22(26)21(15-12-18(4)10-8-9-17(2)3)23(27)24(19)30(28,29)25-20-13-14-20/h9,12,16,20,25-27H,5-8,10-11,13-15H2,1-4H3. The van der Waals surface area contributed by atoms with Crippen molar-refractivity contribution in [3.05, 3.63) is 40.5 Å². The molecule has 0 spiro atoms. The monoisotopic (exact) mass is 435 g/mol. The third-order valence-electron chi connectivity index (χ3n) is 5.38. The summed E-state index contributed by atoms with van der Waals surface area (Å²) in [4.78, 5) is -0.0612. The van der Waals surface area contributed by atoms with Crippen LogP contribution in [0.3, 0.4) is 0 Å². The van der Waals surface area contributed by atoms with E-state index in [1.165, 1.54) is 11.6 Å². The predicted molar refractivity (Wildman–Crippen MR) is 122 cm³/mol. The lowest BCUT2D eigenvalue weighted by Crippen LogP contribution is -2.27. The molecule has 0 bridgehead atoms. The van der Waals surface area contributed by atoms with E-state index in [1.807, 2.05) is 13.0 Å². The van der Waals surface area contributed by atoms with Gasteiger partial charge in [0, 0.05) is 11.6 Å². The molecule has 0 saturated heterocycles. The van der Waals surface area contributed by atoms with Crippen LogP contribution in [0.1, 0.15) is 83.8 Å². The SMILES string of the molecule is CCCCCc1cc(O)c(CC=C(C)CCC=C(C)C)c(O)c1S(=O)(=O)NC1CC1. The number of phenolic OH excluding ortho intramolecular Hbond substituents is 2. The van der Waals surface area contributed by atoms with Gasteiger partial charge in [-0.15, -0.1) is 0 Å². The number of nitrogens with one attached hydrogen (secondary N) is 1. The summed E-state index contributed by atoms with van der Waals surface area (Å²) in [7, 11) is -3.84. The zero-order chi connectivity index (χ0) is 22.3. The van der Waals surface area contributed by atoms with Crippen LogP contribution in [0.15, 0.2) is 34.3 Å². The summed E-state index contributed by atoms with van der Waals surface area (Å²) in [5.74, 6) is -0.360. The van der Waals surface area contributed by atoms with Crippen molar-refractivity contribution in [1.29, 1.82) is 0 Å². The van der Waals surface area contributed by atoms with Gasteiger partial charge in [-0.25, -0.2) is 13.1 Å². The Morgan fingerprint density at radius 3 is 2.47 bits per heavy atom. The molecule has 5 nitrogen and oxygen atoms in total. The van der Waals surface area contributed by atoms with Crippen LogP contribution in [-0.4, -0.2) is 24.7 Å². The van der Waals surface area contributed by atoms with E-state index in [4.69, 9.17) is 0 Å². The lowest BCUT2D eigenvalue weighted by molar-refractivity contribution is 0.426. The third kappa shape index (κ3) is 7.17. The average Bonchev–Trinajstić information content (AvgIpc) is 3.44. The quantitative estimate of drug-likeness (QED) is 0.299. The third-order valence-corrected chi connectivity index (χ3v) is 7.01. The molecule has 1 aromatic carbocycles. The number of unbranched alkanes of at least 4 members (excludes halogenated alkanes) is 2. The van der Waals surface area contributed by atoms with Crippen LogP contribution in [0.25, 0.3) is 0 Å². The summed E-state index contributed by atoms with van der Waals surface area (Å²) >= 11 is 0. The number of benzene rings is 1. The number of rotatable bonds is 12. The summed E-state index contributed by atoms with van der Waals surface area (Å²) in [6, 6.07) is 1.48. The molecule has 1 aliphatic carbocycles. The average molecular weight is 436 g/mol. The summed E-state index contributed by atoms with van der Waals surface area (Å²) in [6.07, 6.45) is 11.2. The zero-order valence-corrected chi connectivity index (χ0v) is 19.6. The van der Waals surface area contributed by atoms with Gasteiger partial charge in [-0.3, -0.25) is 0 Å². The Kier molecular flexibility index (Phi) is 8.98. The minimum atomic E-state index is -3.84. The number of aryl methyl sites for hydroxylation is 1. The molecule has 1 aliphatic rings. The Hall–Kier alpha value is -1.79. The van der Waals surface area contributed by atoms with Crippen molar-refractivity contribution in [3.8, 4) is 11.5 Å². The fraction of sp³-hybridized carbons (Fsp3) is 0.583. The second-order valence-corrected chi connectivity index (χ2v) is 10.3. The van der Waals surface area contributed by atoms with Crippen molar-refractivity contribution in [1.82, 2.24) is 4.72 Å². The van der Waals surface area contributed by atoms with Gasteiger partial charge in [-0.05, 0) is 77.3 Å². The van der Waals surface area contributed by atoms with Gasteiger partial charge in [0.1, 0.15) is 16.4 Å².